The molecule has 5 nitrogen and oxygen atoms in total. The minimum Gasteiger partial charge on any atom is -1.00 e. The Morgan fingerprint density at radius 2 is 1.58 bits per heavy atom. The number of pyridine rings is 1. The summed E-state index contributed by atoms with van der Waals surface area (Å²) in [7, 11) is 1.78. The van der Waals surface area contributed by atoms with E-state index in [0.29, 0.717) is 12.7 Å². The summed E-state index contributed by atoms with van der Waals surface area (Å²) in [6, 6.07) is 18.0. The van der Waals surface area contributed by atoms with Crippen LogP contribution < -0.4 is 41.1 Å². The van der Waals surface area contributed by atoms with Crippen molar-refractivity contribution >= 4 is 16.5 Å². The van der Waals surface area contributed by atoms with Gasteiger partial charge in [0, 0.05) is 30.3 Å². The molecule has 240 valence electrons. The second-order valence-electron chi connectivity index (χ2n) is 12.8. The minimum atomic E-state index is 0. The van der Waals surface area contributed by atoms with Gasteiger partial charge in [-0.2, -0.15) is 4.57 Å². The van der Waals surface area contributed by atoms with Crippen LogP contribution in [0, 0.1) is 0 Å². The third-order valence-electron chi connectivity index (χ3n) is 9.45. The van der Waals surface area contributed by atoms with E-state index in [-0.39, 0.29) is 17.0 Å². The van der Waals surface area contributed by atoms with Crippen molar-refractivity contribution in [3.63, 3.8) is 0 Å². The van der Waals surface area contributed by atoms with Gasteiger partial charge in [0.05, 0.1) is 23.7 Å². The maximum atomic E-state index is 5.93. The summed E-state index contributed by atoms with van der Waals surface area (Å²) in [6.07, 6.45) is 14.7. The lowest BCUT2D eigenvalue weighted by atomic mass is 9.88. The van der Waals surface area contributed by atoms with Gasteiger partial charge < -0.3 is 36.5 Å². The van der Waals surface area contributed by atoms with Gasteiger partial charge in [-0.15, -0.1) is 0 Å². The van der Waals surface area contributed by atoms with Crippen LogP contribution in [-0.2, 0) is 19.4 Å². The van der Waals surface area contributed by atoms with E-state index in [2.05, 4.69) is 85.4 Å². The number of rotatable bonds is 14. The van der Waals surface area contributed by atoms with E-state index in [9.17, 15) is 0 Å². The van der Waals surface area contributed by atoms with E-state index in [1.165, 1.54) is 95.7 Å². The van der Waals surface area contributed by atoms with Crippen LogP contribution in [0.15, 0.2) is 54.7 Å². The highest BCUT2D eigenvalue weighted by molar-refractivity contribution is 6.00. The van der Waals surface area contributed by atoms with Crippen molar-refractivity contribution < 1.29 is 35.8 Å². The number of unbranched alkanes of at least 4 members (excludes halogenated alkanes) is 7. The van der Waals surface area contributed by atoms with E-state index in [1.807, 2.05) is 0 Å². The van der Waals surface area contributed by atoms with Crippen LogP contribution in [0.2, 0.25) is 0 Å². The van der Waals surface area contributed by atoms with Crippen molar-refractivity contribution in [3.8, 4) is 28.5 Å². The Bertz CT molecular complexity index is 1600. The van der Waals surface area contributed by atoms with Crippen molar-refractivity contribution in [1.82, 2.24) is 0 Å². The first-order valence-corrected chi connectivity index (χ1v) is 16.9. The number of hydrogen-bond acceptors (Lipinski definition) is 4. The molecule has 0 radical (unpaired) electrons. The zero-order chi connectivity index (χ0) is 30.5. The molecule has 1 aromatic heterocycles. The Hall–Kier alpha value is -3.25. The van der Waals surface area contributed by atoms with Gasteiger partial charge in [-0.3, -0.25) is 0 Å². The average molecular weight is 674 g/mol. The maximum absolute atomic E-state index is 5.93. The standard InChI is InChI=1S/C39H48N2O3.BrH/c1-5-6-7-8-9-10-11-12-20-40-38-34-25-41-21-19-30-23-36-37(44-26-43-36)24-32(30)39(41)33(31(34)17-18-35(38)42-4)22-28-13-15-29(16-14-28)27(2)3;/h13-18,23-25,27H,5-12,19-22,26H2,1-4H3;1H. The van der Waals surface area contributed by atoms with Crippen LogP contribution in [0.25, 0.3) is 22.0 Å². The predicted molar refractivity (Wildman–Crippen MR) is 180 cm³/mol. The fourth-order valence-corrected chi connectivity index (χ4v) is 6.89. The molecule has 1 N–H and O–H groups in total. The second-order valence-corrected chi connectivity index (χ2v) is 12.8. The molecule has 6 rings (SSSR count). The smallest absolute Gasteiger partial charge is 0.231 e. The van der Waals surface area contributed by atoms with Crippen LogP contribution in [0.5, 0.6) is 17.2 Å². The van der Waals surface area contributed by atoms with Crippen LogP contribution in [0.4, 0.5) is 5.69 Å². The number of nitrogens with zero attached hydrogens (tertiary/aromatic N) is 1. The highest BCUT2D eigenvalue weighted by Gasteiger charge is 2.32. The third-order valence-corrected chi connectivity index (χ3v) is 9.45. The predicted octanol–water partition coefficient (Wildman–Crippen LogP) is 6.36. The summed E-state index contributed by atoms with van der Waals surface area (Å²) in [5.41, 5.74) is 9.00. The Morgan fingerprint density at radius 1 is 0.867 bits per heavy atom. The number of halogens is 1. The Kier molecular flexibility index (Phi) is 11.3. The van der Waals surface area contributed by atoms with Gasteiger partial charge in [-0.05, 0) is 53.3 Å². The summed E-state index contributed by atoms with van der Waals surface area (Å²) in [6.45, 7) is 8.95. The largest absolute Gasteiger partial charge is 1.00 e. The van der Waals surface area contributed by atoms with Crippen LogP contribution >= 0.6 is 0 Å². The first-order valence-electron chi connectivity index (χ1n) is 16.9. The Labute approximate surface area is 280 Å². The molecule has 4 aromatic rings. The van der Waals surface area contributed by atoms with Gasteiger partial charge >= 0.3 is 0 Å². The van der Waals surface area contributed by atoms with E-state index in [0.717, 1.165) is 48.9 Å². The number of fused-ring (bicyclic) bond motifs is 5. The van der Waals surface area contributed by atoms with E-state index in [4.69, 9.17) is 14.2 Å². The number of methoxy groups -OCH3 is 1. The molecule has 0 aliphatic carbocycles. The first kappa shape index (κ1) is 33.1. The topological polar surface area (TPSA) is 43.6 Å². The molecular formula is C39H49BrN2O3. The molecule has 0 amide bonds. The number of ether oxygens (including phenoxy) is 3. The number of benzene rings is 3. The van der Waals surface area contributed by atoms with E-state index >= 15 is 0 Å². The summed E-state index contributed by atoms with van der Waals surface area (Å²) in [5.74, 6) is 3.13. The molecule has 3 aromatic carbocycles. The maximum Gasteiger partial charge on any atom is 0.231 e. The molecule has 0 unspecified atom stereocenters. The van der Waals surface area contributed by atoms with Gasteiger partial charge in [-0.1, -0.05) is 90.0 Å². The molecular weight excluding hydrogens is 624 g/mol. The SMILES string of the molecule is CCCCCCCCCCNc1c(OC)ccc2c(Cc3ccc(C(C)C)cc3)c3[n+](cc12)CCc1cc2c(cc1-3)OCO2.[Br-]. The average Bonchev–Trinajstić information content (AvgIpc) is 3.50. The zero-order valence-corrected chi connectivity index (χ0v) is 29.1. The number of anilines is 1. The van der Waals surface area contributed by atoms with E-state index in [1.54, 1.807) is 7.11 Å². The molecule has 0 saturated carbocycles. The van der Waals surface area contributed by atoms with Crippen LogP contribution in [-0.4, -0.2) is 20.4 Å². The Morgan fingerprint density at radius 3 is 2.29 bits per heavy atom. The lowest BCUT2D eigenvalue weighted by molar-refractivity contribution is -0.686. The van der Waals surface area contributed by atoms with Gasteiger partial charge in [0.2, 0.25) is 12.5 Å². The van der Waals surface area contributed by atoms with Gasteiger partial charge in [0.1, 0.15) is 5.75 Å². The summed E-state index contributed by atoms with van der Waals surface area (Å²) in [4.78, 5) is 0. The van der Waals surface area contributed by atoms with Crippen molar-refractivity contribution in [2.75, 3.05) is 25.8 Å². The van der Waals surface area contributed by atoms with Crippen LogP contribution in [0.3, 0.4) is 0 Å². The fourth-order valence-electron chi connectivity index (χ4n) is 6.89. The van der Waals surface area contributed by atoms with Crippen LogP contribution in [0.1, 0.15) is 100 Å². The summed E-state index contributed by atoms with van der Waals surface area (Å²) in [5, 5.41) is 6.31. The Balaban J connectivity index is 0.00000400. The number of aryl methyl sites for hydroxylation is 2. The molecule has 0 atom stereocenters. The highest BCUT2D eigenvalue weighted by Crippen LogP contribution is 2.43. The van der Waals surface area contributed by atoms with Gasteiger partial charge in [0.25, 0.3) is 0 Å². The molecule has 6 heteroatoms. The van der Waals surface area contributed by atoms with Crippen molar-refractivity contribution in [2.24, 2.45) is 0 Å². The third kappa shape index (κ3) is 7.27. The number of hydrogen-bond donors (Lipinski definition) is 1. The lowest BCUT2D eigenvalue weighted by Gasteiger charge is -2.22. The minimum absolute atomic E-state index is 0. The molecule has 2 aliphatic heterocycles. The highest BCUT2D eigenvalue weighted by atomic mass is 79.9. The quantitative estimate of drug-likeness (QED) is 0.125. The molecule has 0 saturated heterocycles. The lowest BCUT2D eigenvalue weighted by Crippen LogP contribution is -3.00. The molecule has 0 bridgehead atoms. The summed E-state index contributed by atoms with van der Waals surface area (Å²) >= 11 is 0. The molecule has 3 heterocycles. The first-order chi connectivity index (χ1) is 21.6. The van der Waals surface area contributed by atoms with Gasteiger partial charge in [0.15, 0.2) is 24.2 Å². The van der Waals surface area contributed by atoms with Crippen molar-refractivity contribution in [1.29, 1.82) is 0 Å². The van der Waals surface area contributed by atoms with E-state index < -0.39 is 0 Å². The van der Waals surface area contributed by atoms with Crippen molar-refractivity contribution in [3.05, 3.63) is 77.0 Å². The number of nitrogens with one attached hydrogen (secondary N) is 1. The molecule has 45 heavy (non-hydrogen) atoms. The zero-order valence-electron chi connectivity index (χ0n) is 27.5. The summed E-state index contributed by atoms with van der Waals surface area (Å²) < 4.78 is 20.0. The second kappa shape index (κ2) is 15.4. The fraction of sp³-hybridized carbons (Fsp3) is 0.462. The molecule has 0 fully saturated rings. The normalized spacial score (nSPS) is 13.0. The molecule has 2 aliphatic rings. The van der Waals surface area contributed by atoms with Crippen molar-refractivity contribution in [2.45, 2.75) is 97.4 Å². The monoisotopic (exact) mass is 672 g/mol. The number of aromatic nitrogens is 1. The molecule has 0 spiro atoms. The van der Waals surface area contributed by atoms with Gasteiger partial charge in [-0.25, -0.2) is 0 Å².